The Morgan fingerprint density at radius 1 is 0.828 bits per heavy atom. The summed E-state index contributed by atoms with van der Waals surface area (Å²) in [5, 5.41) is 0. The molecule has 6 nitrogen and oxygen atoms in total. The smallest absolute Gasteiger partial charge is 0.246 e. The van der Waals surface area contributed by atoms with Crippen molar-refractivity contribution >= 4 is 15.7 Å². The molecular weight excluding hydrogens is 388 g/mol. The van der Waals surface area contributed by atoms with Gasteiger partial charge in [0.2, 0.25) is 10.0 Å². The van der Waals surface area contributed by atoms with Crippen LogP contribution in [0.4, 0.5) is 5.69 Å². The second-order valence-electron chi connectivity index (χ2n) is 7.57. The summed E-state index contributed by atoms with van der Waals surface area (Å²) >= 11 is 0. The zero-order chi connectivity index (χ0) is 20.4. The number of methoxy groups -OCH3 is 2. The summed E-state index contributed by atoms with van der Waals surface area (Å²) in [5.74, 6) is 1.28. The van der Waals surface area contributed by atoms with Gasteiger partial charge in [0, 0.05) is 31.9 Å². The first-order chi connectivity index (χ1) is 14.0. The van der Waals surface area contributed by atoms with Crippen LogP contribution in [0.3, 0.4) is 0 Å². The van der Waals surface area contributed by atoms with Gasteiger partial charge in [0.25, 0.3) is 0 Å². The molecule has 2 aliphatic rings. The molecule has 0 atom stereocenters. The average molecular weight is 417 g/mol. The fourth-order valence-corrected chi connectivity index (χ4v) is 5.83. The number of aryl methyl sites for hydroxylation is 2. The van der Waals surface area contributed by atoms with Crippen LogP contribution >= 0.6 is 0 Å². The Bertz CT molecular complexity index is 965. The number of benzene rings is 2. The van der Waals surface area contributed by atoms with Crippen LogP contribution in [0.25, 0.3) is 0 Å². The summed E-state index contributed by atoms with van der Waals surface area (Å²) in [4.78, 5) is 2.51. The maximum atomic E-state index is 13.4. The normalized spacial score (nSPS) is 17.7. The van der Waals surface area contributed by atoms with E-state index < -0.39 is 10.0 Å². The van der Waals surface area contributed by atoms with Gasteiger partial charge in [0.15, 0.2) is 0 Å². The lowest BCUT2D eigenvalue weighted by molar-refractivity contribution is 0.373. The van der Waals surface area contributed by atoms with Crippen LogP contribution in [0.1, 0.15) is 24.0 Å². The fourth-order valence-electron chi connectivity index (χ4n) is 4.22. The molecule has 1 saturated heterocycles. The molecule has 0 saturated carbocycles. The number of ether oxygens (including phenoxy) is 2. The van der Waals surface area contributed by atoms with E-state index in [0.717, 1.165) is 42.7 Å². The van der Waals surface area contributed by atoms with Gasteiger partial charge < -0.3 is 14.4 Å². The number of rotatable bonds is 5. The molecule has 1 heterocycles. The van der Waals surface area contributed by atoms with E-state index in [0.29, 0.717) is 36.8 Å². The third kappa shape index (κ3) is 3.94. The Hall–Kier alpha value is -2.25. The molecule has 0 bridgehead atoms. The van der Waals surface area contributed by atoms with Gasteiger partial charge in [0.1, 0.15) is 16.4 Å². The van der Waals surface area contributed by atoms with E-state index in [4.69, 9.17) is 9.47 Å². The zero-order valence-electron chi connectivity index (χ0n) is 17.1. The van der Waals surface area contributed by atoms with Gasteiger partial charge in [-0.2, -0.15) is 4.31 Å². The van der Waals surface area contributed by atoms with Crippen LogP contribution in [0.5, 0.6) is 11.5 Å². The quantitative estimate of drug-likeness (QED) is 0.750. The molecule has 0 spiro atoms. The molecule has 1 aliphatic heterocycles. The van der Waals surface area contributed by atoms with Gasteiger partial charge in [0.05, 0.1) is 14.2 Å². The summed E-state index contributed by atoms with van der Waals surface area (Å²) in [7, 11) is -0.400. The number of fused-ring (bicyclic) bond motifs is 1. The molecule has 0 N–H and O–H groups in total. The van der Waals surface area contributed by atoms with Crippen molar-refractivity contribution in [2.45, 2.75) is 30.6 Å². The monoisotopic (exact) mass is 416 g/mol. The van der Waals surface area contributed by atoms with E-state index >= 15 is 0 Å². The lowest BCUT2D eigenvalue weighted by atomic mass is 9.92. The predicted molar refractivity (Wildman–Crippen MR) is 114 cm³/mol. The van der Waals surface area contributed by atoms with Crippen molar-refractivity contribution in [3.05, 3.63) is 47.5 Å². The van der Waals surface area contributed by atoms with Crippen molar-refractivity contribution in [3.63, 3.8) is 0 Å². The molecule has 29 heavy (non-hydrogen) atoms. The maximum absolute atomic E-state index is 13.4. The van der Waals surface area contributed by atoms with E-state index in [1.54, 1.807) is 18.5 Å². The average Bonchev–Trinajstić information content (AvgIpc) is 2.78. The molecule has 4 rings (SSSR count). The highest BCUT2D eigenvalue weighted by atomic mass is 32.2. The van der Waals surface area contributed by atoms with Crippen molar-refractivity contribution in [3.8, 4) is 11.5 Å². The Morgan fingerprint density at radius 2 is 1.45 bits per heavy atom. The number of nitrogens with zero attached hydrogens (tertiary/aromatic N) is 2. The standard InChI is InChI=1S/C22H28N2O4S/c1-27-20-9-7-19(8-10-20)23-11-13-24(14-12-23)29(25,26)22-16-18-6-4-3-5-17(18)15-21(22)28-2/h7-10,15-16H,3-6,11-14H2,1-2H3. The second kappa shape index (κ2) is 8.24. The maximum Gasteiger partial charge on any atom is 0.246 e. The van der Waals surface area contributed by atoms with Gasteiger partial charge in [-0.1, -0.05) is 0 Å². The first kappa shape index (κ1) is 20.0. The summed E-state index contributed by atoms with van der Waals surface area (Å²) in [6, 6.07) is 11.6. The molecule has 0 radical (unpaired) electrons. The van der Waals surface area contributed by atoms with E-state index in [1.807, 2.05) is 36.4 Å². The molecule has 1 aliphatic carbocycles. The summed E-state index contributed by atoms with van der Waals surface area (Å²) < 4.78 is 39.0. The molecule has 1 fully saturated rings. The summed E-state index contributed by atoms with van der Waals surface area (Å²) in [6.45, 7) is 2.21. The van der Waals surface area contributed by atoms with Crippen LogP contribution < -0.4 is 14.4 Å². The van der Waals surface area contributed by atoms with Crippen molar-refractivity contribution in [1.29, 1.82) is 0 Å². The van der Waals surface area contributed by atoms with Crippen LogP contribution in [0.2, 0.25) is 0 Å². The van der Waals surface area contributed by atoms with E-state index in [9.17, 15) is 8.42 Å². The van der Waals surface area contributed by atoms with Gasteiger partial charge >= 0.3 is 0 Å². The van der Waals surface area contributed by atoms with Crippen molar-refractivity contribution in [2.75, 3.05) is 45.3 Å². The highest BCUT2D eigenvalue weighted by Gasteiger charge is 2.32. The number of piperazine rings is 1. The SMILES string of the molecule is COc1ccc(N2CCN(S(=O)(=O)c3cc4c(cc3OC)CCCC4)CC2)cc1. The topological polar surface area (TPSA) is 59.1 Å². The Labute approximate surface area is 173 Å². The minimum Gasteiger partial charge on any atom is -0.497 e. The van der Waals surface area contributed by atoms with Crippen molar-refractivity contribution in [1.82, 2.24) is 4.31 Å². The molecule has 0 unspecified atom stereocenters. The Balaban J connectivity index is 1.53. The minimum absolute atomic E-state index is 0.304. The van der Waals surface area contributed by atoms with E-state index in [1.165, 1.54) is 5.56 Å². The number of hydrogen-bond donors (Lipinski definition) is 0. The second-order valence-corrected chi connectivity index (χ2v) is 9.47. The fraction of sp³-hybridized carbons (Fsp3) is 0.455. The summed E-state index contributed by atoms with van der Waals surface area (Å²) in [6.07, 6.45) is 4.19. The molecular formula is C22H28N2O4S. The van der Waals surface area contributed by atoms with Gasteiger partial charge in [-0.25, -0.2) is 8.42 Å². The highest BCUT2D eigenvalue weighted by molar-refractivity contribution is 7.89. The molecule has 0 aromatic heterocycles. The molecule has 7 heteroatoms. The van der Waals surface area contributed by atoms with Crippen LogP contribution in [0, 0.1) is 0 Å². The van der Waals surface area contributed by atoms with Crippen LogP contribution in [-0.4, -0.2) is 53.1 Å². The van der Waals surface area contributed by atoms with Gasteiger partial charge in [-0.15, -0.1) is 0 Å². The van der Waals surface area contributed by atoms with Gasteiger partial charge in [-0.05, 0) is 73.2 Å². The van der Waals surface area contributed by atoms with Crippen LogP contribution in [0.15, 0.2) is 41.3 Å². The van der Waals surface area contributed by atoms with Crippen molar-refractivity contribution < 1.29 is 17.9 Å². The number of sulfonamides is 1. The molecule has 2 aromatic carbocycles. The lowest BCUT2D eigenvalue weighted by Crippen LogP contribution is -2.48. The third-order valence-corrected chi connectivity index (χ3v) is 7.84. The Morgan fingerprint density at radius 3 is 2.03 bits per heavy atom. The first-order valence-corrected chi connectivity index (χ1v) is 11.6. The largest absolute Gasteiger partial charge is 0.497 e. The van der Waals surface area contributed by atoms with Crippen LogP contribution in [-0.2, 0) is 22.9 Å². The summed E-state index contributed by atoms with van der Waals surface area (Å²) in [5.41, 5.74) is 3.44. The number of anilines is 1. The minimum atomic E-state index is -3.59. The molecule has 156 valence electrons. The van der Waals surface area contributed by atoms with Crippen molar-refractivity contribution in [2.24, 2.45) is 0 Å². The van der Waals surface area contributed by atoms with Gasteiger partial charge in [-0.3, -0.25) is 0 Å². The molecule has 0 amide bonds. The Kier molecular flexibility index (Phi) is 5.69. The molecule has 2 aromatic rings. The van der Waals surface area contributed by atoms with E-state index in [2.05, 4.69) is 4.90 Å². The lowest BCUT2D eigenvalue weighted by Gasteiger charge is -2.35. The number of hydrogen-bond acceptors (Lipinski definition) is 5. The third-order valence-electron chi connectivity index (χ3n) is 5.92. The highest BCUT2D eigenvalue weighted by Crippen LogP contribution is 2.34. The van der Waals surface area contributed by atoms with E-state index in [-0.39, 0.29) is 0 Å². The zero-order valence-corrected chi connectivity index (χ0v) is 17.9. The first-order valence-electron chi connectivity index (χ1n) is 10.1. The predicted octanol–water partition coefficient (Wildman–Crippen LogP) is 3.09.